The molecule has 4 rings (SSSR count). The van der Waals surface area contributed by atoms with Crippen LogP contribution in [0.5, 0.6) is 5.75 Å². The van der Waals surface area contributed by atoms with Gasteiger partial charge in [-0.2, -0.15) is 13.2 Å². The third-order valence-electron chi connectivity index (χ3n) is 8.80. The summed E-state index contributed by atoms with van der Waals surface area (Å²) >= 11 is 0. The van der Waals surface area contributed by atoms with Crippen LogP contribution in [0.3, 0.4) is 0 Å². The van der Waals surface area contributed by atoms with Crippen LogP contribution in [0.25, 0.3) is 10.8 Å². The summed E-state index contributed by atoms with van der Waals surface area (Å²) in [5.41, 5.74) is -0.124. The molecule has 4 nitrogen and oxygen atoms in total. The van der Waals surface area contributed by atoms with E-state index in [4.69, 9.17) is 9.84 Å². The van der Waals surface area contributed by atoms with Gasteiger partial charge in [0.25, 0.3) is 0 Å². The van der Waals surface area contributed by atoms with E-state index in [1.54, 1.807) is 18.2 Å². The number of fused-ring (bicyclic) bond motifs is 1. The molecule has 198 valence electrons. The number of benzene rings is 2. The molecule has 3 unspecified atom stereocenters. The van der Waals surface area contributed by atoms with E-state index >= 15 is 0 Å². The Morgan fingerprint density at radius 3 is 2.42 bits per heavy atom. The summed E-state index contributed by atoms with van der Waals surface area (Å²) in [6.45, 7) is 8.20. The van der Waals surface area contributed by atoms with Gasteiger partial charge >= 0.3 is 12.1 Å². The lowest BCUT2D eigenvalue weighted by Crippen LogP contribution is -2.57. The molecule has 0 spiro atoms. The van der Waals surface area contributed by atoms with Gasteiger partial charge in [-0.05, 0) is 84.7 Å². The summed E-state index contributed by atoms with van der Waals surface area (Å²) in [7, 11) is 0. The van der Waals surface area contributed by atoms with Gasteiger partial charge in [0.2, 0.25) is 0 Å². The Labute approximate surface area is 211 Å². The number of carbonyl (C=O) groups is 1. The summed E-state index contributed by atoms with van der Waals surface area (Å²) in [6.07, 6.45) is 0.812. The maximum absolute atomic E-state index is 14.4. The Hall–Kier alpha value is -2.28. The van der Waals surface area contributed by atoms with Crippen LogP contribution < -0.4 is 10.1 Å². The smallest absolute Gasteiger partial charge is 0.420 e. The number of hydrogen-bond donors (Lipinski definition) is 2. The summed E-state index contributed by atoms with van der Waals surface area (Å²) in [5.74, 6) is -0.157. The van der Waals surface area contributed by atoms with E-state index < -0.39 is 17.7 Å². The highest BCUT2D eigenvalue weighted by molar-refractivity contribution is 5.89. The number of carboxylic acids is 1. The van der Waals surface area contributed by atoms with Crippen molar-refractivity contribution in [2.45, 2.75) is 97.0 Å². The van der Waals surface area contributed by atoms with Gasteiger partial charge in [-0.3, -0.25) is 4.79 Å². The van der Waals surface area contributed by atoms with E-state index in [1.807, 2.05) is 26.8 Å². The lowest BCUT2D eigenvalue weighted by molar-refractivity contribution is -0.142. The first-order valence-corrected chi connectivity index (χ1v) is 13.2. The highest BCUT2D eigenvalue weighted by Gasteiger charge is 2.49. The van der Waals surface area contributed by atoms with Gasteiger partial charge in [0.15, 0.2) is 0 Å². The van der Waals surface area contributed by atoms with Gasteiger partial charge in [-0.25, -0.2) is 0 Å². The van der Waals surface area contributed by atoms with E-state index in [-0.39, 0.29) is 47.1 Å². The topological polar surface area (TPSA) is 58.6 Å². The lowest BCUT2D eigenvalue weighted by atomic mass is 9.57. The van der Waals surface area contributed by atoms with Gasteiger partial charge in [0, 0.05) is 18.5 Å². The molecular formula is C29H38F3NO3. The maximum Gasteiger partial charge on any atom is 0.420 e. The molecule has 2 aliphatic carbocycles. The van der Waals surface area contributed by atoms with Crippen LogP contribution in [0.1, 0.15) is 89.8 Å². The number of alkyl halides is 3. The fraction of sp³-hybridized carbons (Fsp3) is 0.621. The minimum atomic E-state index is -4.54. The molecule has 0 radical (unpaired) electrons. The highest BCUT2D eigenvalue weighted by Crippen LogP contribution is 2.49. The molecule has 0 aromatic heterocycles. The van der Waals surface area contributed by atoms with Crippen molar-refractivity contribution in [1.29, 1.82) is 0 Å². The monoisotopic (exact) mass is 505 g/mol. The van der Waals surface area contributed by atoms with Crippen molar-refractivity contribution >= 4 is 16.7 Å². The van der Waals surface area contributed by atoms with Crippen molar-refractivity contribution in [3.05, 3.63) is 41.5 Å². The summed E-state index contributed by atoms with van der Waals surface area (Å²) in [5, 5.41) is 13.4. The molecule has 3 atom stereocenters. The molecule has 2 N–H and O–H groups in total. The Balaban J connectivity index is 1.57. The Kier molecular flexibility index (Phi) is 7.61. The molecule has 0 aliphatic heterocycles. The number of ether oxygens (including phenoxy) is 1. The predicted molar refractivity (Wildman–Crippen MR) is 135 cm³/mol. The standard InChI is InChI=1S/C29H38F3NO3/c1-5-18-6-11-22(12-7-18)36-24-13-10-19-8-9-20(14-23(19)27(24)29(30,31)32)17(2)33-25-15-21(16-26(34)35)28(25,3)4/h8-10,13-14,17-18,21-22,25,33H,5-7,11-12,15-16H2,1-4H3,(H,34,35). The maximum atomic E-state index is 14.4. The molecule has 0 saturated heterocycles. The molecule has 0 heterocycles. The van der Waals surface area contributed by atoms with E-state index in [9.17, 15) is 18.0 Å². The van der Waals surface area contributed by atoms with Crippen LogP contribution in [0.4, 0.5) is 13.2 Å². The first-order chi connectivity index (χ1) is 16.9. The molecule has 0 bridgehead atoms. The van der Waals surface area contributed by atoms with Gasteiger partial charge in [-0.1, -0.05) is 45.4 Å². The van der Waals surface area contributed by atoms with Gasteiger partial charge in [0.1, 0.15) is 11.3 Å². The average molecular weight is 506 g/mol. The normalized spacial score (nSPS) is 26.9. The Bertz CT molecular complexity index is 1090. The minimum absolute atomic E-state index is 0.0793. The SMILES string of the molecule is CCC1CCC(Oc2ccc3ccc(C(C)NC4CC(CC(=O)O)C4(C)C)cc3c2C(F)(F)F)CC1. The highest BCUT2D eigenvalue weighted by atomic mass is 19.4. The second kappa shape index (κ2) is 10.2. The molecule has 2 aromatic carbocycles. The zero-order chi connectivity index (χ0) is 26.3. The van der Waals surface area contributed by atoms with Crippen LogP contribution in [-0.4, -0.2) is 23.2 Å². The van der Waals surface area contributed by atoms with E-state index in [0.29, 0.717) is 11.3 Å². The van der Waals surface area contributed by atoms with Gasteiger partial charge in [-0.15, -0.1) is 0 Å². The van der Waals surface area contributed by atoms with Crippen molar-refractivity contribution in [3.8, 4) is 5.75 Å². The second-order valence-electron chi connectivity index (χ2n) is 11.4. The zero-order valence-electron chi connectivity index (χ0n) is 21.6. The predicted octanol–water partition coefficient (Wildman–Crippen LogP) is 7.75. The largest absolute Gasteiger partial charge is 0.490 e. The van der Waals surface area contributed by atoms with Crippen LogP contribution >= 0.6 is 0 Å². The fourth-order valence-electron chi connectivity index (χ4n) is 6.07. The van der Waals surface area contributed by atoms with E-state index in [0.717, 1.165) is 44.1 Å². The third-order valence-corrected chi connectivity index (χ3v) is 8.80. The Morgan fingerprint density at radius 2 is 1.83 bits per heavy atom. The number of rotatable bonds is 8. The summed E-state index contributed by atoms with van der Waals surface area (Å²) in [6, 6.07) is 8.35. The van der Waals surface area contributed by atoms with Crippen molar-refractivity contribution in [1.82, 2.24) is 5.32 Å². The lowest BCUT2D eigenvalue weighted by Gasteiger charge is -2.53. The van der Waals surface area contributed by atoms with Gasteiger partial charge in [0.05, 0.1) is 6.10 Å². The number of carboxylic acid groups (broad SMARTS) is 1. The van der Waals surface area contributed by atoms with Crippen LogP contribution in [-0.2, 0) is 11.0 Å². The third kappa shape index (κ3) is 5.51. The quantitative estimate of drug-likeness (QED) is 0.385. The first kappa shape index (κ1) is 26.8. The number of hydrogen-bond acceptors (Lipinski definition) is 3. The van der Waals surface area contributed by atoms with Gasteiger partial charge < -0.3 is 15.2 Å². The zero-order valence-corrected chi connectivity index (χ0v) is 21.6. The van der Waals surface area contributed by atoms with Crippen molar-refractivity contribution in [3.63, 3.8) is 0 Å². The molecule has 36 heavy (non-hydrogen) atoms. The number of aliphatic carboxylic acids is 1. The average Bonchev–Trinajstić information content (AvgIpc) is 2.82. The molecule has 2 aromatic rings. The fourth-order valence-corrected chi connectivity index (χ4v) is 6.07. The second-order valence-corrected chi connectivity index (χ2v) is 11.4. The molecule has 2 fully saturated rings. The van der Waals surface area contributed by atoms with Crippen LogP contribution in [0.2, 0.25) is 0 Å². The number of halogens is 3. The van der Waals surface area contributed by atoms with E-state index in [1.165, 1.54) is 6.07 Å². The molecule has 2 aliphatic rings. The van der Waals surface area contributed by atoms with Crippen LogP contribution in [0, 0.1) is 17.3 Å². The van der Waals surface area contributed by atoms with Crippen molar-refractivity contribution in [2.75, 3.05) is 0 Å². The molecule has 2 saturated carbocycles. The van der Waals surface area contributed by atoms with Crippen molar-refractivity contribution < 1.29 is 27.8 Å². The van der Waals surface area contributed by atoms with Crippen molar-refractivity contribution in [2.24, 2.45) is 17.3 Å². The number of nitrogens with one attached hydrogen (secondary N) is 1. The Morgan fingerprint density at radius 1 is 1.17 bits per heavy atom. The minimum Gasteiger partial charge on any atom is -0.490 e. The summed E-state index contributed by atoms with van der Waals surface area (Å²) < 4.78 is 49.1. The first-order valence-electron chi connectivity index (χ1n) is 13.2. The molecule has 7 heteroatoms. The molecule has 0 amide bonds. The molecular weight excluding hydrogens is 467 g/mol. The van der Waals surface area contributed by atoms with Crippen LogP contribution in [0.15, 0.2) is 30.3 Å². The van der Waals surface area contributed by atoms with E-state index in [2.05, 4.69) is 12.2 Å². The summed E-state index contributed by atoms with van der Waals surface area (Å²) in [4.78, 5) is 11.1.